The Bertz CT molecular complexity index is 263. The van der Waals surface area contributed by atoms with Crippen molar-refractivity contribution in [2.45, 2.75) is 0 Å². The van der Waals surface area contributed by atoms with Gasteiger partial charge in [-0.05, 0) is 0 Å². The van der Waals surface area contributed by atoms with E-state index >= 15 is 0 Å². The van der Waals surface area contributed by atoms with Crippen LogP contribution in [0, 0.1) is 0 Å². The number of hydrogen-bond acceptors (Lipinski definition) is 9. The molecular formula is O9SnTiV2. The van der Waals surface area contributed by atoms with Gasteiger partial charge in [0.15, 0.2) is 0 Å². The molecule has 9 nitrogen and oxygen atoms in total. The van der Waals surface area contributed by atoms with Gasteiger partial charge in [0.2, 0.25) is 0 Å². The standard InChI is InChI=1S/9O.Sn.Ti.2V. The van der Waals surface area contributed by atoms with E-state index in [-0.39, 0.29) is 0 Å². The Balaban J connectivity index is -0.000000140. The maximum absolute atomic E-state index is 9.34. The van der Waals surface area contributed by atoms with Gasteiger partial charge in [0.05, 0.1) is 0 Å². The van der Waals surface area contributed by atoms with Crippen molar-refractivity contribution in [3.05, 3.63) is 0 Å². The van der Waals surface area contributed by atoms with Gasteiger partial charge in [-0.25, -0.2) is 0 Å². The van der Waals surface area contributed by atoms with Crippen molar-refractivity contribution in [2.75, 3.05) is 0 Å². The molecule has 0 bridgehead atoms. The first kappa shape index (κ1) is 19.6. The van der Waals surface area contributed by atoms with Crippen LogP contribution in [0.2, 0.25) is 0 Å². The summed E-state index contributed by atoms with van der Waals surface area (Å²) in [5.74, 6) is 0. The van der Waals surface area contributed by atoms with E-state index < -0.39 is 71.0 Å². The molecule has 0 saturated carbocycles. The van der Waals surface area contributed by atoms with Crippen LogP contribution in [0.4, 0.5) is 0 Å². The van der Waals surface area contributed by atoms with Gasteiger partial charge in [0.1, 0.15) is 0 Å². The molecule has 0 aromatic heterocycles. The molecule has 0 aliphatic rings. The third kappa shape index (κ3) is 62.6. The van der Waals surface area contributed by atoms with Crippen molar-refractivity contribution in [1.29, 1.82) is 0 Å². The molecule has 13 heteroatoms. The van der Waals surface area contributed by atoms with Crippen LogP contribution in [-0.4, -0.2) is 21.1 Å². The summed E-state index contributed by atoms with van der Waals surface area (Å²) >= 11 is -12.0. The zero-order chi connectivity index (χ0) is 11.3. The Morgan fingerprint density at radius 1 is 0.923 bits per heavy atom. The van der Waals surface area contributed by atoms with Crippen molar-refractivity contribution in [3.8, 4) is 0 Å². The molecule has 0 aliphatic carbocycles. The fourth-order valence-corrected chi connectivity index (χ4v) is 0.925. The number of rotatable bonds is 2. The molecule has 0 saturated heterocycles. The van der Waals surface area contributed by atoms with E-state index in [2.05, 4.69) is 2.59 Å². The van der Waals surface area contributed by atoms with Crippen LogP contribution in [0.25, 0.3) is 0 Å². The third-order valence-corrected chi connectivity index (χ3v) is 2.27. The van der Waals surface area contributed by atoms with E-state index in [0.717, 1.165) is 0 Å². The van der Waals surface area contributed by atoms with Crippen LogP contribution in [0.3, 0.4) is 0 Å². The van der Waals surface area contributed by atoms with Crippen molar-refractivity contribution in [3.63, 3.8) is 0 Å². The topological polar surface area (TPSA) is 146 Å². The SMILES string of the molecule is [O]=[Sn]=[O].[O]=[Ti]=[O].[O]=[V](=[O])[O][V](=[O])=[O]. The molecule has 0 heterocycles. The summed E-state index contributed by atoms with van der Waals surface area (Å²) in [7, 11) is 0. The fraction of sp³-hybridized carbons (Fsp3) is 0. The molecule has 0 aliphatic heterocycles. The monoisotopic (exact) mass is 414 g/mol. The average molecular weight is 412 g/mol. The molecule has 0 spiro atoms. The van der Waals surface area contributed by atoms with Gasteiger partial charge < -0.3 is 0 Å². The quantitative estimate of drug-likeness (QED) is 0.499. The molecule has 0 fully saturated rings. The molecule has 0 atom stereocenters. The molecule has 0 aromatic carbocycles. The molecule has 0 N–H and O–H groups in total. The summed E-state index contributed by atoms with van der Waals surface area (Å²) in [4.78, 5) is 0. The van der Waals surface area contributed by atoms with Gasteiger partial charge in [-0.15, -0.1) is 0 Å². The zero-order valence-corrected chi connectivity index (χ0v) is 12.8. The predicted octanol–water partition coefficient (Wildman–Crippen LogP) is -1.41. The van der Waals surface area contributed by atoms with Crippen molar-refractivity contribution < 1.29 is 80.0 Å². The molecule has 72 valence electrons. The first-order chi connectivity index (χ1) is 5.95. The van der Waals surface area contributed by atoms with E-state index in [4.69, 9.17) is 12.8 Å². The molecule has 13 heavy (non-hydrogen) atoms. The molecular weight excluding hydrogens is 412 g/mol. The van der Waals surface area contributed by atoms with E-state index in [1.807, 2.05) is 0 Å². The molecule has 0 rings (SSSR count). The van der Waals surface area contributed by atoms with Gasteiger partial charge in [-0.3, -0.25) is 0 Å². The van der Waals surface area contributed by atoms with Gasteiger partial charge in [0, 0.05) is 0 Å². The summed E-state index contributed by atoms with van der Waals surface area (Å²) in [5.41, 5.74) is 0. The Morgan fingerprint density at radius 2 is 1.08 bits per heavy atom. The normalized spacial score (nSPS) is 5.54. The minimum atomic E-state index is -3.84. The Morgan fingerprint density at radius 3 is 1.08 bits per heavy atom. The number of hydrogen-bond donors (Lipinski definition) is 0. The van der Waals surface area contributed by atoms with E-state index in [1.165, 1.54) is 0 Å². The van der Waals surface area contributed by atoms with Crippen LogP contribution in [0.15, 0.2) is 0 Å². The summed E-state index contributed by atoms with van der Waals surface area (Å²) in [6, 6.07) is 0. The Kier molecular flexibility index (Phi) is 28.3. The average Bonchev–Trinajstić information content (AvgIpc) is 1.86. The molecule has 0 aromatic rings. The van der Waals surface area contributed by atoms with Crippen LogP contribution in [0.5, 0.6) is 0 Å². The van der Waals surface area contributed by atoms with Gasteiger partial charge in [-0.2, -0.15) is 0 Å². The Hall–Kier alpha value is 1.04. The second kappa shape index (κ2) is 18.8. The van der Waals surface area contributed by atoms with Crippen molar-refractivity contribution in [2.24, 2.45) is 0 Å². The minimum absolute atomic E-state index is 2.00. The molecule has 0 amide bonds. The van der Waals surface area contributed by atoms with Crippen LogP contribution in [0.1, 0.15) is 0 Å². The van der Waals surface area contributed by atoms with Crippen LogP contribution in [-0.2, 0) is 80.0 Å². The summed E-state index contributed by atoms with van der Waals surface area (Å²) < 4.78 is 74.8. The van der Waals surface area contributed by atoms with E-state index in [9.17, 15) is 14.7 Å². The molecule has 0 unspecified atom stereocenters. The fourth-order valence-electron chi connectivity index (χ4n) is 0.0544. The third-order valence-electron chi connectivity index (χ3n) is 0.133. The first-order valence-electron chi connectivity index (χ1n) is 1.91. The first-order valence-corrected chi connectivity index (χ1v) is 8.94. The zero-order valence-electron chi connectivity index (χ0n) is 5.57. The van der Waals surface area contributed by atoms with Gasteiger partial charge in [-0.1, -0.05) is 0 Å². The summed E-state index contributed by atoms with van der Waals surface area (Å²) in [5, 5.41) is 0. The second-order valence-corrected chi connectivity index (χ2v) is 4.13. The second-order valence-electron chi connectivity index (χ2n) is 0.696. The Labute approximate surface area is 99.9 Å². The van der Waals surface area contributed by atoms with Crippen molar-refractivity contribution in [1.82, 2.24) is 0 Å². The van der Waals surface area contributed by atoms with Crippen LogP contribution < -0.4 is 0 Å². The van der Waals surface area contributed by atoms with Crippen LogP contribution >= 0.6 is 0 Å². The van der Waals surface area contributed by atoms with Crippen molar-refractivity contribution >= 4 is 21.1 Å². The molecule has 0 radical (unpaired) electrons. The van der Waals surface area contributed by atoms with E-state index in [0.29, 0.717) is 0 Å². The van der Waals surface area contributed by atoms with Gasteiger partial charge >= 0.3 is 101 Å². The van der Waals surface area contributed by atoms with Gasteiger partial charge in [0.25, 0.3) is 0 Å². The maximum atomic E-state index is 9.34. The predicted molar refractivity (Wildman–Crippen MR) is 12.3 cm³/mol. The summed E-state index contributed by atoms with van der Waals surface area (Å²) in [6.07, 6.45) is 0. The summed E-state index contributed by atoms with van der Waals surface area (Å²) in [6.45, 7) is 0. The van der Waals surface area contributed by atoms with E-state index in [1.54, 1.807) is 0 Å².